The van der Waals surface area contributed by atoms with Gasteiger partial charge in [-0.05, 0) is 48.5 Å². The van der Waals surface area contributed by atoms with Crippen LogP contribution in [0.15, 0.2) is 78.9 Å². The zero-order chi connectivity index (χ0) is 22.5. The van der Waals surface area contributed by atoms with Gasteiger partial charge in [0.15, 0.2) is 5.75 Å². The van der Waals surface area contributed by atoms with Crippen LogP contribution in [0.25, 0.3) is 0 Å². The molecule has 0 saturated carbocycles. The van der Waals surface area contributed by atoms with E-state index in [2.05, 4.69) is 5.32 Å². The second-order valence-corrected chi connectivity index (χ2v) is 7.34. The number of carbonyl (C=O) groups excluding carboxylic acids is 3. The molecule has 1 N–H and O–H groups in total. The number of para-hydroxylation sites is 3. The van der Waals surface area contributed by atoms with Crippen LogP contribution in [-0.4, -0.2) is 31.4 Å². The number of rotatable bonds is 6. The van der Waals surface area contributed by atoms with Crippen molar-refractivity contribution in [2.75, 3.05) is 23.9 Å². The third kappa shape index (κ3) is 4.62. The number of carbonyl (C=O) groups is 3. The Bertz CT molecular complexity index is 1130. The second kappa shape index (κ2) is 9.34. The van der Waals surface area contributed by atoms with E-state index in [1.54, 1.807) is 60.5 Å². The highest BCUT2D eigenvalue weighted by Crippen LogP contribution is 2.29. The molecule has 4 rings (SSSR count). The lowest BCUT2D eigenvalue weighted by atomic mass is 10.1. The van der Waals surface area contributed by atoms with Crippen molar-refractivity contribution in [1.29, 1.82) is 0 Å². The molecule has 32 heavy (non-hydrogen) atoms. The number of nitrogens with zero attached hydrogens (tertiary/aromatic N) is 1. The number of hydrogen-bond acceptors (Lipinski definition) is 5. The summed E-state index contributed by atoms with van der Waals surface area (Å²) in [5.41, 5.74) is 1.48. The molecule has 162 valence electrons. The van der Waals surface area contributed by atoms with E-state index in [0.29, 0.717) is 23.5 Å². The first-order valence-electron chi connectivity index (χ1n) is 10.2. The number of methoxy groups -OCH3 is 1. The van der Waals surface area contributed by atoms with Crippen molar-refractivity contribution in [1.82, 2.24) is 0 Å². The van der Waals surface area contributed by atoms with Gasteiger partial charge in [-0.1, -0.05) is 30.3 Å². The third-order valence-electron chi connectivity index (χ3n) is 5.24. The lowest BCUT2D eigenvalue weighted by Gasteiger charge is -2.17. The summed E-state index contributed by atoms with van der Waals surface area (Å²) in [5.74, 6) is -0.607. The summed E-state index contributed by atoms with van der Waals surface area (Å²) in [6, 6.07) is 22.5. The van der Waals surface area contributed by atoms with E-state index in [-0.39, 0.29) is 24.0 Å². The van der Waals surface area contributed by atoms with Gasteiger partial charge in [0, 0.05) is 18.7 Å². The maximum Gasteiger partial charge on any atom is 0.343 e. The summed E-state index contributed by atoms with van der Waals surface area (Å²) in [5, 5.41) is 2.81. The van der Waals surface area contributed by atoms with Crippen molar-refractivity contribution in [3.63, 3.8) is 0 Å². The fourth-order valence-corrected chi connectivity index (χ4v) is 3.52. The van der Waals surface area contributed by atoms with E-state index in [1.807, 2.05) is 30.3 Å². The summed E-state index contributed by atoms with van der Waals surface area (Å²) in [6.07, 6.45) is 0.120. The lowest BCUT2D eigenvalue weighted by molar-refractivity contribution is -0.122. The fraction of sp³-hybridized carbons (Fsp3) is 0.160. The van der Waals surface area contributed by atoms with Gasteiger partial charge in [-0.15, -0.1) is 0 Å². The Morgan fingerprint density at radius 2 is 1.62 bits per heavy atom. The Balaban J connectivity index is 1.44. The SMILES string of the molecule is COc1ccc(C(=O)Oc2ccccc2NC(=O)[C@H]2CC(=O)N(c3ccccc3)C2)cc1. The molecule has 0 aliphatic carbocycles. The molecule has 0 bridgehead atoms. The zero-order valence-corrected chi connectivity index (χ0v) is 17.5. The minimum Gasteiger partial charge on any atom is -0.497 e. The first kappa shape index (κ1) is 21.1. The zero-order valence-electron chi connectivity index (χ0n) is 17.5. The minimum absolute atomic E-state index is 0.101. The number of nitrogens with one attached hydrogen (secondary N) is 1. The van der Waals surface area contributed by atoms with Gasteiger partial charge in [0.1, 0.15) is 5.75 Å². The van der Waals surface area contributed by atoms with Crippen molar-refractivity contribution in [2.45, 2.75) is 6.42 Å². The van der Waals surface area contributed by atoms with E-state index in [1.165, 1.54) is 0 Å². The molecule has 1 aliphatic heterocycles. The summed E-state index contributed by atoms with van der Waals surface area (Å²) < 4.78 is 10.6. The van der Waals surface area contributed by atoms with Crippen LogP contribution >= 0.6 is 0 Å². The smallest absolute Gasteiger partial charge is 0.343 e. The van der Waals surface area contributed by atoms with Crippen LogP contribution in [0.3, 0.4) is 0 Å². The van der Waals surface area contributed by atoms with E-state index in [9.17, 15) is 14.4 Å². The molecule has 7 nitrogen and oxygen atoms in total. The lowest BCUT2D eigenvalue weighted by Crippen LogP contribution is -2.28. The van der Waals surface area contributed by atoms with E-state index < -0.39 is 11.9 Å². The fourth-order valence-electron chi connectivity index (χ4n) is 3.52. The van der Waals surface area contributed by atoms with Gasteiger partial charge in [-0.25, -0.2) is 4.79 Å². The first-order valence-corrected chi connectivity index (χ1v) is 10.2. The van der Waals surface area contributed by atoms with Gasteiger partial charge < -0.3 is 19.7 Å². The Kier molecular flexibility index (Phi) is 6.17. The van der Waals surface area contributed by atoms with Crippen LogP contribution in [0.2, 0.25) is 0 Å². The van der Waals surface area contributed by atoms with Crippen molar-refractivity contribution in [3.05, 3.63) is 84.4 Å². The molecule has 3 aromatic rings. The van der Waals surface area contributed by atoms with Crippen LogP contribution in [0.4, 0.5) is 11.4 Å². The number of esters is 1. The average Bonchev–Trinajstić information content (AvgIpc) is 3.22. The van der Waals surface area contributed by atoms with Gasteiger partial charge in [-0.3, -0.25) is 9.59 Å². The van der Waals surface area contributed by atoms with Crippen molar-refractivity contribution < 1.29 is 23.9 Å². The number of ether oxygens (including phenoxy) is 2. The van der Waals surface area contributed by atoms with Crippen molar-refractivity contribution >= 4 is 29.2 Å². The number of hydrogen-bond donors (Lipinski definition) is 1. The monoisotopic (exact) mass is 430 g/mol. The molecule has 0 unspecified atom stereocenters. The van der Waals surface area contributed by atoms with Crippen LogP contribution in [0.1, 0.15) is 16.8 Å². The minimum atomic E-state index is -0.555. The van der Waals surface area contributed by atoms with Crippen molar-refractivity contribution in [3.8, 4) is 11.5 Å². The molecular formula is C25H22N2O5. The molecule has 7 heteroatoms. The van der Waals surface area contributed by atoms with Gasteiger partial charge in [0.25, 0.3) is 0 Å². The van der Waals surface area contributed by atoms with E-state index in [4.69, 9.17) is 9.47 Å². The molecule has 1 atom stereocenters. The molecule has 1 aliphatic rings. The molecule has 3 aromatic carbocycles. The maximum atomic E-state index is 12.9. The molecule has 1 saturated heterocycles. The predicted octanol–water partition coefficient (Wildman–Crippen LogP) is 3.91. The summed E-state index contributed by atoms with van der Waals surface area (Å²) in [6.45, 7) is 0.294. The van der Waals surface area contributed by atoms with E-state index in [0.717, 1.165) is 5.69 Å². The highest BCUT2D eigenvalue weighted by atomic mass is 16.5. The van der Waals surface area contributed by atoms with Gasteiger partial charge in [0.2, 0.25) is 11.8 Å². The topological polar surface area (TPSA) is 84.9 Å². The van der Waals surface area contributed by atoms with Gasteiger partial charge in [0.05, 0.1) is 24.3 Å². The summed E-state index contributed by atoms with van der Waals surface area (Å²) >= 11 is 0. The van der Waals surface area contributed by atoms with Crippen molar-refractivity contribution in [2.24, 2.45) is 5.92 Å². The highest BCUT2D eigenvalue weighted by Gasteiger charge is 2.35. The molecule has 2 amide bonds. The number of benzene rings is 3. The maximum absolute atomic E-state index is 12.9. The highest BCUT2D eigenvalue weighted by molar-refractivity contribution is 6.04. The molecule has 1 fully saturated rings. The molecule has 0 radical (unpaired) electrons. The number of amides is 2. The quantitative estimate of drug-likeness (QED) is 0.474. The Morgan fingerprint density at radius 1 is 0.938 bits per heavy atom. The van der Waals surface area contributed by atoms with Crippen LogP contribution in [0.5, 0.6) is 11.5 Å². The largest absolute Gasteiger partial charge is 0.497 e. The Labute approximate surface area is 185 Å². The summed E-state index contributed by atoms with van der Waals surface area (Å²) in [4.78, 5) is 39.4. The van der Waals surface area contributed by atoms with Gasteiger partial charge in [-0.2, -0.15) is 0 Å². The molecule has 0 aromatic heterocycles. The van der Waals surface area contributed by atoms with Crippen LogP contribution < -0.4 is 19.7 Å². The number of anilines is 2. The molecule has 1 heterocycles. The van der Waals surface area contributed by atoms with E-state index >= 15 is 0 Å². The molecule has 0 spiro atoms. The molecular weight excluding hydrogens is 408 g/mol. The average molecular weight is 430 g/mol. The normalized spacial score (nSPS) is 15.3. The van der Waals surface area contributed by atoms with Gasteiger partial charge >= 0.3 is 5.97 Å². The predicted molar refractivity (Wildman–Crippen MR) is 120 cm³/mol. The van der Waals surface area contributed by atoms with Crippen LogP contribution in [0, 0.1) is 5.92 Å². The second-order valence-electron chi connectivity index (χ2n) is 7.34. The Hall–Kier alpha value is -4.13. The first-order chi connectivity index (χ1) is 15.5. The standard InChI is InChI=1S/C25H22N2O5/c1-31-20-13-11-17(12-14-20)25(30)32-22-10-6-5-9-21(22)26-24(29)18-15-23(28)27(16-18)19-7-3-2-4-8-19/h2-14,18H,15-16H2,1H3,(H,26,29)/t18-/m0/s1. The third-order valence-corrected chi connectivity index (χ3v) is 5.24. The summed E-state index contributed by atoms with van der Waals surface area (Å²) in [7, 11) is 1.54. The van der Waals surface area contributed by atoms with Crippen LogP contribution in [-0.2, 0) is 9.59 Å². The Morgan fingerprint density at radius 3 is 2.34 bits per heavy atom.